The predicted molar refractivity (Wildman–Crippen MR) is 37.7 cm³/mol. The number of pyridine rings is 1. The van der Waals surface area contributed by atoms with Crippen LogP contribution in [-0.2, 0) is 0 Å². The fraction of sp³-hybridized carbons (Fsp3) is 0.286. The van der Waals surface area contributed by atoms with Crippen molar-refractivity contribution >= 4 is 0 Å². The monoisotopic (exact) mass is 111 g/mol. The lowest BCUT2D eigenvalue weighted by Gasteiger charge is -1.70. The lowest BCUT2D eigenvalue weighted by atomic mass is 10.5. The summed E-state index contributed by atoms with van der Waals surface area (Å²) in [5.74, 6) is 0. The maximum absolute atomic E-state index is 3.78. The first-order valence-electron chi connectivity index (χ1n) is 1.85. The molecule has 0 amide bonds. The van der Waals surface area contributed by atoms with Gasteiger partial charge in [0.05, 0.1) is 0 Å². The first-order valence-corrected chi connectivity index (χ1v) is 1.85. The molecule has 0 aliphatic heterocycles. The van der Waals surface area contributed by atoms with Gasteiger partial charge >= 0.3 is 0 Å². The second-order valence-corrected chi connectivity index (χ2v) is 1.02. The molecule has 46 valence electrons. The highest BCUT2D eigenvalue weighted by Crippen LogP contribution is 1.73. The number of hydrogen-bond acceptors (Lipinski definition) is 1. The molecule has 8 heavy (non-hydrogen) atoms. The summed E-state index contributed by atoms with van der Waals surface area (Å²) < 4.78 is 0. The van der Waals surface area contributed by atoms with Crippen LogP contribution >= 0.6 is 0 Å². The molecule has 1 heteroatoms. The van der Waals surface area contributed by atoms with E-state index in [1.54, 1.807) is 12.4 Å². The van der Waals surface area contributed by atoms with Crippen molar-refractivity contribution in [3.63, 3.8) is 0 Å². The van der Waals surface area contributed by atoms with E-state index in [0.717, 1.165) is 0 Å². The largest absolute Gasteiger partial charge is 0.265 e. The van der Waals surface area contributed by atoms with E-state index in [-0.39, 0.29) is 14.9 Å². The van der Waals surface area contributed by atoms with Gasteiger partial charge in [-0.2, -0.15) is 0 Å². The Balaban J connectivity index is 0. The van der Waals surface area contributed by atoms with Crippen LogP contribution in [0.4, 0.5) is 0 Å². The maximum atomic E-state index is 3.78. The Morgan fingerprint density at radius 1 is 0.750 bits per heavy atom. The standard InChI is InChI=1S/C5H5N.2CH4/c1-2-4-6-5-3-1;;/h1-5H;2*1H4. The van der Waals surface area contributed by atoms with Crippen LogP contribution in [0.1, 0.15) is 14.9 Å². The second-order valence-electron chi connectivity index (χ2n) is 1.02. The molecular weight excluding hydrogens is 98.1 g/mol. The smallest absolute Gasteiger partial charge is 0.0267 e. The minimum absolute atomic E-state index is 0. The fourth-order valence-electron chi connectivity index (χ4n) is 0.313. The Morgan fingerprint density at radius 2 is 1.25 bits per heavy atom. The fourth-order valence-corrected chi connectivity index (χ4v) is 0.313. The van der Waals surface area contributed by atoms with Gasteiger partial charge in [-0.05, 0) is 12.1 Å². The Morgan fingerprint density at radius 3 is 1.38 bits per heavy atom. The van der Waals surface area contributed by atoms with Gasteiger partial charge in [-0.1, -0.05) is 20.9 Å². The molecule has 0 fully saturated rings. The third-order valence-electron chi connectivity index (χ3n) is 0.566. The second kappa shape index (κ2) is 6.15. The van der Waals surface area contributed by atoms with Crippen molar-refractivity contribution in [2.45, 2.75) is 14.9 Å². The Labute approximate surface area is 51.4 Å². The van der Waals surface area contributed by atoms with E-state index in [4.69, 9.17) is 0 Å². The van der Waals surface area contributed by atoms with E-state index in [1.165, 1.54) is 0 Å². The number of aromatic nitrogens is 1. The predicted octanol–water partition coefficient (Wildman–Crippen LogP) is 2.35. The van der Waals surface area contributed by atoms with E-state index in [2.05, 4.69) is 4.98 Å². The number of rotatable bonds is 0. The molecule has 0 aromatic carbocycles. The Bertz CT molecular complexity index is 76.3. The van der Waals surface area contributed by atoms with E-state index in [0.29, 0.717) is 0 Å². The zero-order valence-electron chi connectivity index (χ0n) is 3.33. The zero-order chi connectivity index (χ0) is 4.24. The van der Waals surface area contributed by atoms with Gasteiger partial charge in [-0.25, -0.2) is 0 Å². The average molecular weight is 111 g/mol. The molecule has 0 spiro atoms. The first kappa shape index (κ1) is 10.2. The molecule has 1 heterocycles. The van der Waals surface area contributed by atoms with Crippen LogP contribution in [0, 0.1) is 0 Å². The third-order valence-corrected chi connectivity index (χ3v) is 0.566. The van der Waals surface area contributed by atoms with E-state index in [9.17, 15) is 0 Å². The van der Waals surface area contributed by atoms with Crippen LogP contribution in [0.15, 0.2) is 30.6 Å². The van der Waals surface area contributed by atoms with Crippen LogP contribution < -0.4 is 0 Å². The summed E-state index contributed by atoms with van der Waals surface area (Å²) in [5, 5.41) is 0. The molecule has 1 aromatic rings. The molecule has 0 atom stereocenters. The van der Waals surface area contributed by atoms with Gasteiger partial charge in [0.1, 0.15) is 0 Å². The molecule has 0 N–H and O–H groups in total. The molecule has 1 aromatic heterocycles. The van der Waals surface area contributed by atoms with Crippen LogP contribution in [-0.4, -0.2) is 4.98 Å². The summed E-state index contributed by atoms with van der Waals surface area (Å²) in [6.45, 7) is 0. The van der Waals surface area contributed by atoms with Crippen molar-refractivity contribution in [2.75, 3.05) is 0 Å². The molecule has 0 bridgehead atoms. The summed E-state index contributed by atoms with van der Waals surface area (Å²) >= 11 is 0. The van der Waals surface area contributed by atoms with E-state index < -0.39 is 0 Å². The van der Waals surface area contributed by atoms with E-state index >= 15 is 0 Å². The van der Waals surface area contributed by atoms with Gasteiger partial charge in [0, 0.05) is 12.4 Å². The topological polar surface area (TPSA) is 12.9 Å². The molecule has 0 saturated carbocycles. The first-order chi connectivity index (χ1) is 3.00. The minimum atomic E-state index is 0. The summed E-state index contributed by atoms with van der Waals surface area (Å²) in [7, 11) is 0. The summed E-state index contributed by atoms with van der Waals surface area (Å²) in [6, 6.07) is 5.72. The van der Waals surface area contributed by atoms with Gasteiger partial charge in [-0.15, -0.1) is 0 Å². The number of nitrogens with zero attached hydrogens (tertiary/aromatic N) is 1. The molecule has 0 radical (unpaired) electrons. The summed E-state index contributed by atoms with van der Waals surface area (Å²) in [6.07, 6.45) is 3.50. The number of hydrogen-bond donors (Lipinski definition) is 0. The summed E-state index contributed by atoms with van der Waals surface area (Å²) in [4.78, 5) is 3.78. The van der Waals surface area contributed by atoms with Crippen molar-refractivity contribution in [1.82, 2.24) is 4.98 Å². The molecule has 0 aliphatic carbocycles. The van der Waals surface area contributed by atoms with Crippen molar-refractivity contribution in [2.24, 2.45) is 0 Å². The zero-order valence-corrected chi connectivity index (χ0v) is 3.33. The van der Waals surface area contributed by atoms with Crippen LogP contribution in [0.3, 0.4) is 0 Å². The molecule has 1 rings (SSSR count). The molecule has 0 saturated heterocycles. The molecule has 0 unspecified atom stereocenters. The summed E-state index contributed by atoms with van der Waals surface area (Å²) in [5.41, 5.74) is 0. The van der Waals surface area contributed by atoms with Gasteiger partial charge < -0.3 is 0 Å². The van der Waals surface area contributed by atoms with E-state index in [1.807, 2.05) is 18.2 Å². The average Bonchev–Trinajstić information content (AvgIpc) is 1.72. The molecular formula is C7H13N. The van der Waals surface area contributed by atoms with Gasteiger partial charge in [-0.3, -0.25) is 4.98 Å². The van der Waals surface area contributed by atoms with Crippen LogP contribution in [0.5, 0.6) is 0 Å². The Hall–Kier alpha value is -0.850. The van der Waals surface area contributed by atoms with Gasteiger partial charge in [0.2, 0.25) is 0 Å². The highest BCUT2D eigenvalue weighted by molar-refractivity contribution is 4.88. The SMILES string of the molecule is C.C.c1ccncc1. The quantitative estimate of drug-likeness (QED) is 0.500. The minimum Gasteiger partial charge on any atom is -0.265 e. The van der Waals surface area contributed by atoms with Gasteiger partial charge in [0.25, 0.3) is 0 Å². The van der Waals surface area contributed by atoms with Crippen LogP contribution in [0.2, 0.25) is 0 Å². The maximum Gasteiger partial charge on any atom is 0.0267 e. The lowest BCUT2D eigenvalue weighted by Crippen LogP contribution is -1.58. The van der Waals surface area contributed by atoms with Crippen molar-refractivity contribution < 1.29 is 0 Å². The van der Waals surface area contributed by atoms with Gasteiger partial charge in [0.15, 0.2) is 0 Å². The highest BCUT2D eigenvalue weighted by Gasteiger charge is 1.58. The van der Waals surface area contributed by atoms with Crippen molar-refractivity contribution in [3.05, 3.63) is 30.6 Å². The molecule has 1 nitrogen and oxygen atoms in total. The third kappa shape index (κ3) is 3.34. The van der Waals surface area contributed by atoms with Crippen molar-refractivity contribution in [3.8, 4) is 0 Å². The van der Waals surface area contributed by atoms with Crippen LogP contribution in [0.25, 0.3) is 0 Å². The lowest BCUT2D eigenvalue weighted by molar-refractivity contribution is 1.33. The highest BCUT2D eigenvalue weighted by atomic mass is 14.6. The molecule has 0 aliphatic rings. The van der Waals surface area contributed by atoms with Crippen molar-refractivity contribution in [1.29, 1.82) is 0 Å². The normalized spacial score (nSPS) is 6.00. The Kier molecular flexibility index (Phi) is 7.84.